The van der Waals surface area contributed by atoms with E-state index in [2.05, 4.69) is 56.7 Å². The van der Waals surface area contributed by atoms with Crippen molar-refractivity contribution in [2.45, 2.75) is 33.6 Å². The standard InChI is InChI=1S/C15H34N4S.HI/c1-7-16-14(17-10-8-9-11-20-6)18-12-15(2,3)13-19(4)5;/h7-13H2,1-6H3,(H2,16,17,18);1H. The molecule has 128 valence electrons. The van der Waals surface area contributed by atoms with E-state index in [1.165, 1.54) is 18.6 Å². The van der Waals surface area contributed by atoms with Gasteiger partial charge in [-0.3, -0.25) is 4.99 Å². The summed E-state index contributed by atoms with van der Waals surface area (Å²) in [7, 11) is 4.22. The second kappa shape index (κ2) is 13.9. The number of aliphatic imine (C=N–C) groups is 1. The number of rotatable bonds is 10. The summed E-state index contributed by atoms with van der Waals surface area (Å²) in [6.45, 7) is 10.4. The number of nitrogens with one attached hydrogen (secondary N) is 2. The maximum Gasteiger partial charge on any atom is 0.191 e. The van der Waals surface area contributed by atoms with E-state index < -0.39 is 0 Å². The Bertz CT molecular complexity index is 270. The van der Waals surface area contributed by atoms with Crippen LogP contribution in [-0.2, 0) is 0 Å². The topological polar surface area (TPSA) is 39.7 Å². The van der Waals surface area contributed by atoms with Gasteiger partial charge in [0, 0.05) is 26.2 Å². The number of thioether (sulfide) groups is 1. The summed E-state index contributed by atoms with van der Waals surface area (Å²) in [6, 6.07) is 0. The van der Waals surface area contributed by atoms with Gasteiger partial charge in [-0.2, -0.15) is 11.8 Å². The molecule has 0 aromatic heterocycles. The van der Waals surface area contributed by atoms with E-state index in [9.17, 15) is 0 Å². The van der Waals surface area contributed by atoms with Crippen LogP contribution in [0.1, 0.15) is 33.6 Å². The molecule has 0 aliphatic carbocycles. The van der Waals surface area contributed by atoms with Crippen LogP contribution in [0.2, 0.25) is 0 Å². The molecule has 0 amide bonds. The highest BCUT2D eigenvalue weighted by Gasteiger charge is 2.18. The van der Waals surface area contributed by atoms with Gasteiger partial charge in [-0.05, 0) is 51.3 Å². The number of hydrogen-bond acceptors (Lipinski definition) is 3. The zero-order valence-electron chi connectivity index (χ0n) is 14.7. The van der Waals surface area contributed by atoms with Crippen molar-refractivity contribution >= 4 is 41.7 Å². The Kier molecular flexibility index (Phi) is 15.6. The minimum atomic E-state index is 0. The highest BCUT2D eigenvalue weighted by molar-refractivity contribution is 14.0. The van der Waals surface area contributed by atoms with Gasteiger partial charge < -0.3 is 15.5 Å². The Balaban J connectivity index is 0. The average molecular weight is 430 g/mol. The molecular weight excluding hydrogens is 395 g/mol. The van der Waals surface area contributed by atoms with Crippen molar-refractivity contribution in [3.63, 3.8) is 0 Å². The molecule has 0 heterocycles. The van der Waals surface area contributed by atoms with Crippen LogP contribution < -0.4 is 10.6 Å². The van der Waals surface area contributed by atoms with Crippen LogP contribution in [0, 0.1) is 5.41 Å². The second-order valence-corrected chi connectivity index (χ2v) is 7.21. The number of guanidine groups is 1. The van der Waals surface area contributed by atoms with Crippen molar-refractivity contribution in [2.24, 2.45) is 10.4 Å². The summed E-state index contributed by atoms with van der Waals surface area (Å²) in [5.74, 6) is 2.19. The van der Waals surface area contributed by atoms with Crippen molar-refractivity contribution in [1.82, 2.24) is 15.5 Å². The van der Waals surface area contributed by atoms with Crippen LogP contribution in [0.5, 0.6) is 0 Å². The minimum absolute atomic E-state index is 0. The number of halogens is 1. The van der Waals surface area contributed by atoms with E-state index >= 15 is 0 Å². The minimum Gasteiger partial charge on any atom is -0.357 e. The van der Waals surface area contributed by atoms with E-state index in [1.54, 1.807) is 0 Å². The van der Waals surface area contributed by atoms with Gasteiger partial charge in [-0.15, -0.1) is 24.0 Å². The van der Waals surface area contributed by atoms with Crippen LogP contribution in [0.4, 0.5) is 0 Å². The molecule has 0 atom stereocenters. The lowest BCUT2D eigenvalue weighted by Gasteiger charge is -2.26. The van der Waals surface area contributed by atoms with Crippen molar-refractivity contribution < 1.29 is 0 Å². The predicted molar refractivity (Wildman–Crippen MR) is 109 cm³/mol. The van der Waals surface area contributed by atoms with Crippen molar-refractivity contribution in [2.75, 3.05) is 52.3 Å². The molecule has 0 aliphatic rings. The van der Waals surface area contributed by atoms with Crippen LogP contribution in [0.3, 0.4) is 0 Å². The van der Waals surface area contributed by atoms with Crippen LogP contribution >= 0.6 is 35.7 Å². The van der Waals surface area contributed by atoms with E-state index in [4.69, 9.17) is 4.99 Å². The predicted octanol–water partition coefficient (Wildman–Crippen LogP) is 2.89. The molecule has 0 fully saturated rings. The van der Waals surface area contributed by atoms with Crippen molar-refractivity contribution in [1.29, 1.82) is 0 Å². The Hall–Kier alpha value is 0.310. The highest BCUT2D eigenvalue weighted by Crippen LogP contribution is 2.15. The molecule has 0 unspecified atom stereocenters. The first-order valence-electron chi connectivity index (χ1n) is 7.57. The molecule has 0 bridgehead atoms. The maximum atomic E-state index is 4.72. The number of unbranched alkanes of at least 4 members (excludes halogenated alkanes) is 1. The SMILES string of the molecule is CCNC(=NCC(C)(C)CN(C)C)NCCCCSC.I. The maximum absolute atomic E-state index is 4.72. The molecule has 2 N–H and O–H groups in total. The molecule has 0 aliphatic heterocycles. The average Bonchev–Trinajstić information content (AvgIpc) is 2.34. The van der Waals surface area contributed by atoms with Crippen molar-refractivity contribution in [3.05, 3.63) is 0 Å². The van der Waals surface area contributed by atoms with E-state index in [-0.39, 0.29) is 29.4 Å². The fourth-order valence-electron chi connectivity index (χ4n) is 2.12. The summed E-state index contributed by atoms with van der Waals surface area (Å²) in [5, 5.41) is 6.74. The quantitative estimate of drug-likeness (QED) is 0.242. The third-order valence-electron chi connectivity index (χ3n) is 2.82. The second-order valence-electron chi connectivity index (χ2n) is 6.22. The Morgan fingerprint density at radius 1 is 1.19 bits per heavy atom. The first-order chi connectivity index (χ1) is 9.41. The number of nitrogens with zero attached hydrogens (tertiary/aromatic N) is 2. The molecular formula is C15H35IN4S. The zero-order chi connectivity index (χ0) is 15.4. The lowest BCUT2D eigenvalue weighted by Crippen LogP contribution is -2.39. The zero-order valence-corrected chi connectivity index (χ0v) is 17.8. The number of hydrogen-bond donors (Lipinski definition) is 2. The van der Waals surface area contributed by atoms with E-state index in [0.717, 1.165) is 32.1 Å². The van der Waals surface area contributed by atoms with Crippen LogP contribution in [0.15, 0.2) is 4.99 Å². The molecule has 0 rings (SSSR count). The van der Waals surface area contributed by atoms with Gasteiger partial charge in [0.05, 0.1) is 0 Å². The summed E-state index contributed by atoms with van der Waals surface area (Å²) >= 11 is 1.91. The Morgan fingerprint density at radius 2 is 1.86 bits per heavy atom. The molecule has 0 spiro atoms. The molecule has 0 aromatic rings. The summed E-state index contributed by atoms with van der Waals surface area (Å²) in [6.07, 6.45) is 4.62. The Labute approximate surface area is 153 Å². The van der Waals surface area contributed by atoms with Crippen LogP contribution in [0.25, 0.3) is 0 Å². The lowest BCUT2D eigenvalue weighted by atomic mass is 9.93. The first kappa shape index (κ1) is 23.6. The summed E-state index contributed by atoms with van der Waals surface area (Å²) < 4.78 is 0. The van der Waals surface area contributed by atoms with E-state index in [0.29, 0.717) is 0 Å². The molecule has 21 heavy (non-hydrogen) atoms. The van der Waals surface area contributed by atoms with Crippen LogP contribution in [-0.4, -0.2) is 63.1 Å². The van der Waals surface area contributed by atoms with Gasteiger partial charge >= 0.3 is 0 Å². The van der Waals surface area contributed by atoms with Gasteiger partial charge in [0.15, 0.2) is 5.96 Å². The Morgan fingerprint density at radius 3 is 2.38 bits per heavy atom. The molecule has 0 radical (unpaired) electrons. The van der Waals surface area contributed by atoms with Crippen molar-refractivity contribution in [3.8, 4) is 0 Å². The monoisotopic (exact) mass is 430 g/mol. The molecule has 4 nitrogen and oxygen atoms in total. The third-order valence-corrected chi connectivity index (χ3v) is 3.52. The molecule has 0 saturated heterocycles. The van der Waals surface area contributed by atoms with Gasteiger partial charge in [-0.1, -0.05) is 13.8 Å². The van der Waals surface area contributed by atoms with Gasteiger partial charge in [0.1, 0.15) is 0 Å². The summed E-state index contributed by atoms with van der Waals surface area (Å²) in [5.41, 5.74) is 0.199. The fraction of sp³-hybridized carbons (Fsp3) is 0.933. The van der Waals surface area contributed by atoms with Gasteiger partial charge in [0.25, 0.3) is 0 Å². The fourth-order valence-corrected chi connectivity index (χ4v) is 2.61. The molecule has 6 heteroatoms. The lowest BCUT2D eigenvalue weighted by molar-refractivity contribution is 0.248. The van der Waals surface area contributed by atoms with E-state index in [1.807, 2.05) is 11.8 Å². The molecule has 0 aromatic carbocycles. The molecule has 0 saturated carbocycles. The van der Waals surface area contributed by atoms with Gasteiger partial charge in [0.2, 0.25) is 0 Å². The normalized spacial score (nSPS) is 12.2. The van der Waals surface area contributed by atoms with Gasteiger partial charge in [-0.25, -0.2) is 0 Å². The third kappa shape index (κ3) is 15.0. The largest absolute Gasteiger partial charge is 0.357 e. The first-order valence-corrected chi connectivity index (χ1v) is 8.96. The summed E-state index contributed by atoms with van der Waals surface area (Å²) in [4.78, 5) is 6.94. The smallest absolute Gasteiger partial charge is 0.191 e. The highest BCUT2D eigenvalue weighted by atomic mass is 127.